The Kier molecular flexibility index (Phi) is 4.64. The molecule has 1 unspecified atom stereocenters. The zero-order valence-electron chi connectivity index (χ0n) is 11.9. The van der Waals surface area contributed by atoms with E-state index in [1.54, 1.807) is 12.1 Å². The van der Waals surface area contributed by atoms with Gasteiger partial charge in [0.1, 0.15) is 0 Å². The molecule has 19 heavy (non-hydrogen) atoms. The standard InChI is InChI=1S/C16H22ClNO/c1-11(2)10-18(15-8-9-15)12(3)16(19)13-4-6-14(17)7-5-13/h4-7,11-12,15H,8-10H2,1-3H3. The summed E-state index contributed by atoms with van der Waals surface area (Å²) in [6.45, 7) is 7.42. The van der Waals surface area contributed by atoms with Gasteiger partial charge in [0.15, 0.2) is 5.78 Å². The number of nitrogens with zero attached hydrogens (tertiary/aromatic N) is 1. The number of rotatable bonds is 6. The average Bonchev–Trinajstić information content (AvgIpc) is 3.19. The minimum atomic E-state index is -0.0453. The van der Waals surface area contributed by atoms with Crippen LogP contribution in [0.5, 0.6) is 0 Å². The Bertz CT molecular complexity index is 437. The van der Waals surface area contributed by atoms with Crippen LogP contribution >= 0.6 is 11.6 Å². The highest BCUT2D eigenvalue weighted by Gasteiger charge is 2.35. The normalized spacial score (nSPS) is 16.9. The molecule has 1 saturated carbocycles. The van der Waals surface area contributed by atoms with E-state index >= 15 is 0 Å². The van der Waals surface area contributed by atoms with E-state index in [0.717, 1.165) is 12.1 Å². The molecule has 1 aliphatic rings. The van der Waals surface area contributed by atoms with Crippen LogP contribution in [0.3, 0.4) is 0 Å². The van der Waals surface area contributed by atoms with Crippen LogP contribution in [0.1, 0.15) is 44.0 Å². The highest BCUT2D eigenvalue weighted by molar-refractivity contribution is 6.30. The maximum absolute atomic E-state index is 12.5. The Morgan fingerprint density at radius 2 is 1.84 bits per heavy atom. The van der Waals surface area contributed by atoms with Crippen molar-refractivity contribution in [1.82, 2.24) is 4.90 Å². The maximum atomic E-state index is 12.5. The molecule has 1 aromatic carbocycles. The van der Waals surface area contributed by atoms with Crippen molar-refractivity contribution in [1.29, 1.82) is 0 Å². The van der Waals surface area contributed by atoms with Gasteiger partial charge in [-0.25, -0.2) is 0 Å². The summed E-state index contributed by atoms with van der Waals surface area (Å²) in [7, 11) is 0. The van der Waals surface area contributed by atoms with Gasteiger partial charge in [0.2, 0.25) is 0 Å². The number of carbonyl (C=O) groups is 1. The first-order valence-corrected chi connectivity index (χ1v) is 7.42. The van der Waals surface area contributed by atoms with Crippen molar-refractivity contribution in [3.63, 3.8) is 0 Å². The van der Waals surface area contributed by atoms with Crippen molar-refractivity contribution in [2.24, 2.45) is 5.92 Å². The predicted octanol–water partition coefficient (Wildman–Crippen LogP) is 4.03. The van der Waals surface area contributed by atoms with Gasteiger partial charge < -0.3 is 0 Å². The minimum absolute atomic E-state index is 0.0453. The highest BCUT2D eigenvalue weighted by Crippen LogP contribution is 2.30. The first kappa shape index (κ1) is 14.5. The molecule has 1 fully saturated rings. The average molecular weight is 280 g/mol. The summed E-state index contributed by atoms with van der Waals surface area (Å²) in [6.07, 6.45) is 2.45. The second kappa shape index (κ2) is 6.06. The highest BCUT2D eigenvalue weighted by atomic mass is 35.5. The predicted molar refractivity (Wildman–Crippen MR) is 79.8 cm³/mol. The summed E-state index contributed by atoms with van der Waals surface area (Å²) >= 11 is 5.87. The number of Topliss-reactive ketones (excluding diaryl/α,β-unsaturated/α-hetero) is 1. The zero-order chi connectivity index (χ0) is 14.0. The summed E-state index contributed by atoms with van der Waals surface area (Å²) < 4.78 is 0. The van der Waals surface area contributed by atoms with Crippen LogP contribution in [0.2, 0.25) is 5.02 Å². The second-order valence-electron chi connectivity index (χ2n) is 5.87. The lowest BCUT2D eigenvalue weighted by molar-refractivity contribution is 0.0807. The van der Waals surface area contributed by atoms with E-state index in [4.69, 9.17) is 11.6 Å². The first-order valence-electron chi connectivity index (χ1n) is 7.04. The number of benzene rings is 1. The van der Waals surface area contributed by atoms with Crippen molar-refractivity contribution in [2.75, 3.05) is 6.54 Å². The third-order valence-electron chi connectivity index (χ3n) is 3.60. The third-order valence-corrected chi connectivity index (χ3v) is 3.85. The molecule has 104 valence electrons. The molecule has 2 rings (SSSR count). The number of carbonyl (C=O) groups excluding carboxylic acids is 1. The maximum Gasteiger partial charge on any atom is 0.179 e. The molecule has 0 aromatic heterocycles. The van der Waals surface area contributed by atoms with Crippen LogP contribution in [0, 0.1) is 5.92 Å². The molecule has 0 heterocycles. The summed E-state index contributed by atoms with van der Waals surface area (Å²) in [5.41, 5.74) is 0.756. The fourth-order valence-corrected chi connectivity index (χ4v) is 2.58. The molecule has 0 radical (unpaired) electrons. The van der Waals surface area contributed by atoms with Gasteiger partial charge in [-0.05, 0) is 49.9 Å². The van der Waals surface area contributed by atoms with Gasteiger partial charge in [-0.1, -0.05) is 25.4 Å². The molecule has 0 bridgehead atoms. The van der Waals surface area contributed by atoms with E-state index in [0.29, 0.717) is 17.0 Å². The third kappa shape index (κ3) is 3.80. The summed E-state index contributed by atoms with van der Waals surface area (Å²) in [4.78, 5) is 14.9. The van der Waals surface area contributed by atoms with Gasteiger partial charge in [0.05, 0.1) is 6.04 Å². The molecule has 1 atom stereocenters. The summed E-state index contributed by atoms with van der Waals surface area (Å²) in [5.74, 6) is 0.783. The van der Waals surface area contributed by atoms with Gasteiger partial charge in [-0.15, -0.1) is 0 Å². The van der Waals surface area contributed by atoms with Crippen molar-refractivity contribution < 1.29 is 4.79 Å². The number of hydrogen-bond acceptors (Lipinski definition) is 2. The van der Waals surface area contributed by atoms with Gasteiger partial charge in [0, 0.05) is 23.2 Å². The SMILES string of the molecule is CC(C)CN(C1CC1)C(C)C(=O)c1ccc(Cl)cc1. The molecule has 0 N–H and O–H groups in total. The molecule has 1 aromatic rings. The van der Waals surface area contributed by atoms with E-state index < -0.39 is 0 Å². The van der Waals surface area contributed by atoms with Crippen LogP contribution in [0.15, 0.2) is 24.3 Å². The van der Waals surface area contributed by atoms with E-state index in [2.05, 4.69) is 18.7 Å². The first-order chi connectivity index (χ1) is 8.99. The molecule has 0 amide bonds. The minimum Gasteiger partial charge on any atom is -0.292 e. The largest absolute Gasteiger partial charge is 0.292 e. The van der Waals surface area contributed by atoms with E-state index in [1.807, 2.05) is 19.1 Å². The van der Waals surface area contributed by atoms with Crippen LogP contribution in [0.4, 0.5) is 0 Å². The lowest BCUT2D eigenvalue weighted by Gasteiger charge is -2.29. The Hall–Kier alpha value is -0.860. The van der Waals surface area contributed by atoms with E-state index in [1.165, 1.54) is 12.8 Å². The van der Waals surface area contributed by atoms with E-state index in [9.17, 15) is 4.79 Å². The molecular formula is C16H22ClNO. The fourth-order valence-electron chi connectivity index (χ4n) is 2.46. The molecule has 3 heteroatoms. The van der Waals surface area contributed by atoms with Crippen LogP contribution < -0.4 is 0 Å². The van der Waals surface area contributed by atoms with Crippen molar-refractivity contribution in [3.8, 4) is 0 Å². The molecule has 0 saturated heterocycles. The molecule has 1 aliphatic carbocycles. The number of ketones is 1. The Labute approximate surface area is 120 Å². The number of hydrogen-bond donors (Lipinski definition) is 0. The van der Waals surface area contributed by atoms with Crippen molar-refractivity contribution >= 4 is 17.4 Å². The Morgan fingerprint density at radius 1 is 1.26 bits per heavy atom. The fraction of sp³-hybridized carbons (Fsp3) is 0.562. The lowest BCUT2D eigenvalue weighted by Crippen LogP contribution is -2.42. The lowest BCUT2D eigenvalue weighted by atomic mass is 10.0. The quantitative estimate of drug-likeness (QED) is 0.733. The van der Waals surface area contributed by atoms with Crippen LogP contribution in [0.25, 0.3) is 0 Å². The summed E-state index contributed by atoms with van der Waals surface area (Å²) in [6, 6.07) is 7.77. The van der Waals surface area contributed by atoms with Gasteiger partial charge >= 0.3 is 0 Å². The molecular weight excluding hydrogens is 258 g/mol. The molecule has 0 aliphatic heterocycles. The number of halogens is 1. The van der Waals surface area contributed by atoms with Gasteiger partial charge in [-0.2, -0.15) is 0 Å². The van der Waals surface area contributed by atoms with Gasteiger partial charge in [0.25, 0.3) is 0 Å². The van der Waals surface area contributed by atoms with E-state index in [-0.39, 0.29) is 11.8 Å². The zero-order valence-corrected chi connectivity index (χ0v) is 12.7. The second-order valence-corrected chi connectivity index (χ2v) is 6.31. The Balaban J connectivity index is 2.09. The summed E-state index contributed by atoms with van der Waals surface area (Å²) in [5, 5.41) is 0.672. The van der Waals surface area contributed by atoms with Gasteiger partial charge in [-0.3, -0.25) is 9.69 Å². The monoisotopic (exact) mass is 279 g/mol. The Morgan fingerprint density at radius 3 is 2.32 bits per heavy atom. The van der Waals surface area contributed by atoms with Crippen molar-refractivity contribution in [2.45, 2.75) is 45.7 Å². The smallest absolute Gasteiger partial charge is 0.179 e. The topological polar surface area (TPSA) is 20.3 Å². The van der Waals surface area contributed by atoms with Crippen molar-refractivity contribution in [3.05, 3.63) is 34.9 Å². The molecule has 0 spiro atoms. The van der Waals surface area contributed by atoms with Crippen LogP contribution in [-0.2, 0) is 0 Å². The molecule has 2 nitrogen and oxygen atoms in total. The van der Waals surface area contributed by atoms with Crippen LogP contribution in [-0.4, -0.2) is 29.3 Å².